The third kappa shape index (κ3) is 12.4. The molecule has 1 nitrogen and oxygen atoms in total. The summed E-state index contributed by atoms with van der Waals surface area (Å²) < 4.78 is 0. The van der Waals surface area contributed by atoms with Gasteiger partial charge in [-0.05, 0) is 24.5 Å². The molecule has 0 atom stereocenters. The Morgan fingerprint density at radius 3 is 2.77 bits per heavy atom. The van der Waals surface area contributed by atoms with Gasteiger partial charge in [0.05, 0.1) is 0 Å². The van der Waals surface area contributed by atoms with E-state index in [-0.39, 0.29) is 0 Å². The summed E-state index contributed by atoms with van der Waals surface area (Å²) in [5, 5.41) is 3.43. The van der Waals surface area contributed by atoms with E-state index in [0.29, 0.717) is 0 Å². The Hall–Kier alpha value is 0.400. The zero-order valence-electron chi connectivity index (χ0n) is 8.55. The van der Waals surface area contributed by atoms with Crippen LogP contribution in [0.2, 0.25) is 0 Å². The molecule has 0 aromatic rings. The molecule has 0 radical (unpaired) electrons. The normalized spacial score (nSPS) is 10.2. The molecule has 0 rings (SSSR count). The van der Waals surface area contributed by atoms with Crippen LogP contribution in [-0.2, 0) is 0 Å². The molecule has 78 valence electrons. The minimum Gasteiger partial charge on any atom is -0.316 e. The van der Waals surface area contributed by atoms with Crippen LogP contribution < -0.4 is 5.32 Å². The summed E-state index contributed by atoms with van der Waals surface area (Å²) in [7, 11) is 0. The van der Waals surface area contributed by atoms with E-state index in [9.17, 15) is 0 Å². The Morgan fingerprint density at radius 1 is 1.23 bits per heavy atom. The molecule has 0 aliphatic carbocycles. The average Bonchev–Trinajstić information content (AvgIpc) is 2.16. The Labute approximate surface area is 91.1 Å². The molecule has 0 aliphatic rings. The van der Waals surface area contributed by atoms with Crippen LogP contribution in [0.5, 0.6) is 0 Å². The summed E-state index contributed by atoms with van der Waals surface area (Å²) in [5.41, 5.74) is 0. The highest BCUT2D eigenvalue weighted by atomic mass is 32.2. The molecule has 1 N–H and O–H groups in total. The van der Waals surface area contributed by atoms with E-state index in [1.807, 2.05) is 29.6 Å². The predicted molar refractivity (Wildman–Crippen MR) is 68.0 cm³/mol. The Balaban J connectivity index is 2.79. The first kappa shape index (κ1) is 13.4. The maximum Gasteiger partial charge on any atom is 0.0111 e. The summed E-state index contributed by atoms with van der Waals surface area (Å²) in [5.74, 6) is 4.82. The lowest BCUT2D eigenvalue weighted by Gasteiger charge is -2.03. The van der Waals surface area contributed by atoms with Gasteiger partial charge in [-0.3, -0.25) is 0 Å². The van der Waals surface area contributed by atoms with Crippen molar-refractivity contribution in [1.29, 1.82) is 0 Å². The van der Waals surface area contributed by atoms with Gasteiger partial charge >= 0.3 is 0 Å². The van der Waals surface area contributed by atoms with Crippen molar-refractivity contribution in [3.63, 3.8) is 0 Å². The molecule has 0 bridgehead atoms. The fraction of sp³-hybridized carbons (Fsp3) is 0.800. The van der Waals surface area contributed by atoms with Crippen molar-refractivity contribution in [1.82, 2.24) is 5.32 Å². The monoisotopic (exact) mass is 219 g/mol. The van der Waals surface area contributed by atoms with E-state index in [0.717, 1.165) is 12.3 Å². The first-order valence-electron chi connectivity index (χ1n) is 4.89. The second-order valence-corrected chi connectivity index (χ2v) is 5.21. The largest absolute Gasteiger partial charge is 0.316 e. The van der Waals surface area contributed by atoms with E-state index in [4.69, 9.17) is 0 Å². The van der Waals surface area contributed by atoms with Crippen LogP contribution in [-0.4, -0.2) is 36.1 Å². The molecule has 0 saturated heterocycles. The first-order valence-corrected chi connectivity index (χ1v) is 7.19. The van der Waals surface area contributed by atoms with Gasteiger partial charge in [-0.1, -0.05) is 13.0 Å². The molecule has 0 fully saturated rings. The molecule has 0 spiro atoms. The van der Waals surface area contributed by atoms with Crippen LogP contribution in [0.15, 0.2) is 12.7 Å². The smallest absolute Gasteiger partial charge is 0.0111 e. The fourth-order valence-electron chi connectivity index (χ4n) is 0.880. The molecule has 0 aliphatic heterocycles. The minimum atomic E-state index is 1.08. The Bertz CT molecular complexity index is 107. The maximum absolute atomic E-state index is 3.68. The van der Waals surface area contributed by atoms with Crippen molar-refractivity contribution in [3.05, 3.63) is 12.7 Å². The molecular weight excluding hydrogens is 198 g/mol. The summed E-state index contributed by atoms with van der Waals surface area (Å²) in [6, 6.07) is 0. The van der Waals surface area contributed by atoms with Gasteiger partial charge in [0.25, 0.3) is 0 Å². The van der Waals surface area contributed by atoms with Gasteiger partial charge in [-0.2, -0.15) is 23.5 Å². The van der Waals surface area contributed by atoms with Crippen LogP contribution in [0.3, 0.4) is 0 Å². The van der Waals surface area contributed by atoms with E-state index >= 15 is 0 Å². The zero-order valence-corrected chi connectivity index (χ0v) is 10.2. The summed E-state index contributed by atoms with van der Waals surface area (Å²) in [6.45, 7) is 8.20. The topological polar surface area (TPSA) is 12.0 Å². The fourth-order valence-corrected chi connectivity index (χ4v) is 2.14. The number of hydrogen-bond acceptors (Lipinski definition) is 3. The van der Waals surface area contributed by atoms with E-state index in [1.54, 1.807) is 0 Å². The molecule has 0 amide bonds. The predicted octanol–water partition coefficient (Wildman–Crippen LogP) is 2.64. The molecule has 0 saturated carbocycles. The van der Waals surface area contributed by atoms with E-state index in [1.165, 1.54) is 30.2 Å². The number of rotatable bonds is 10. The van der Waals surface area contributed by atoms with Gasteiger partial charge in [0.15, 0.2) is 0 Å². The number of nitrogens with one attached hydrogen (secondary N) is 1. The quantitative estimate of drug-likeness (QED) is 0.448. The van der Waals surface area contributed by atoms with E-state index in [2.05, 4.69) is 18.8 Å². The molecule has 3 heteroatoms. The second-order valence-electron chi connectivity index (χ2n) is 2.66. The highest BCUT2D eigenvalue weighted by molar-refractivity contribution is 7.99. The number of thioether (sulfide) groups is 2. The Kier molecular flexibility index (Phi) is 12.8. The van der Waals surface area contributed by atoms with Crippen LogP contribution >= 0.6 is 23.5 Å². The van der Waals surface area contributed by atoms with Gasteiger partial charge < -0.3 is 5.32 Å². The van der Waals surface area contributed by atoms with Crippen LogP contribution in [0, 0.1) is 0 Å². The third-order valence-electron chi connectivity index (χ3n) is 1.51. The molecular formula is C10H21NS2. The standard InChI is InChI=1S/C10H21NS2/c1-3-8-13-10-7-11-6-5-9-12-4-2/h3,11H,1,4-10H2,2H3. The van der Waals surface area contributed by atoms with Crippen molar-refractivity contribution in [2.75, 3.05) is 36.1 Å². The highest BCUT2D eigenvalue weighted by Crippen LogP contribution is 2.00. The van der Waals surface area contributed by atoms with Crippen molar-refractivity contribution in [3.8, 4) is 0 Å². The highest BCUT2D eigenvalue weighted by Gasteiger charge is 1.88. The van der Waals surface area contributed by atoms with Gasteiger partial charge in [0.1, 0.15) is 0 Å². The maximum atomic E-state index is 3.68. The summed E-state index contributed by atoms with van der Waals surface area (Å²) >= 11 is 3.96. The lowest BCUT2D eigenvalue weighted by molar-refractivity contribution is 0.712. The first-order chi connectivity index (χ1) is 6.41. The molecule has 0 aromatic carbocycles. The van der Waals surface area contributed by atoms with Gasteiger partial charge in [-0.25, -0.2) is 0 Å². The summed E-state index contributed by atoms with van der Waals surface area (Å²) in [4.78, 5) is 0. The average molecular weight is 219 g/mol. The molecule has 0 aromatic heterocycles. The Morgan fingerprint density at radius 2 is 2.08 bits per heavy atom. The molecule has 0 heterocycles. The van der Waals surface area contributed by atoms with Crippen LogP contribution in [0.4, 0.5) is 0 Å². The van der Waals surface area contributed by atoms with Crippen molar-refractivity contribution in [2.24, 2.45) is 0 Å². The van der Waals surface area contributed by atoms with Gasteiger partial charge in [-0.15, -0.1) is 6.58 Å². The lowest BCUT2D eigenvalue weighted by atomic mass is 10.5. The second kappa shape index (κ2) is 12.4. The molecule has 0 unspecified atom stereocenters. The SMILES string of the molecule is C=CCSCCNCCCSCC. The third-order valence-corrected chi connectivity index (χ3v) is 3.46. The lowest BCUT2D eigenvalue weighted by Crippen LogP contribution is -2.19. The van der Waals surface area contributed by atoms with Crippen LogP contribution in [0.1, 0.15) is 13.3 Å². The number of hydrogen-bond donors (Lipinski definition) is 1. The van der Waals surface area contributed by atoms with Crippen molar-refractivity contribution < 1.29 is 0 Å². The zero-order chi connectivity index (χ0) is 9.78. The molecule has 13 heavy (non-hydrogen) atoms. The van der Waals surface area contributed by atoms with Crippen LogP contribution in [0.25, 0.3) is 0 Å². The van der Waals surface area contributed by atoms with E-state index < -0.39 is 0 Å². The minimum absolute atomic E-state index is 1.08. The van der Waals surface area contributed by atoms with Gasteiger partial charge in [0.2, 0.25) is 0 Å². The van der Waals surface area contributed by atoms with Crippen molar-refractivity contribution in [2.45, 2.75) is 13.3 Å². The summed E-state index contributed by atoms with van der Waals surface area (Å²) in [6.07, 6.45) is 3.26. The van der Waals surface area contributed by atoms with Gasteiger partial charge in [0, 0.05) is 18.1 Å². The van der Waals surface area contributed by atoms with Crippen molar-refractivity contribution >= 4 is 23.5 Å².